The molecule has 0 radical (unpaired) electrons. The maximum Gasteiger partial charge on any atom is 0.271 e. The van der Waals surface area contributed by atoms with E-state index in [-0.39, 0.29) is 18.3 Å². The Morgan fingerprint density at radius 3 is 2.74 bits per heavy atom. The molecule has 0 aliphatic heterocycles. The van der Waals surface area contributed by atoms with Crippen molar-refractivity contribution in [3.05, 3.63) is 64.3 Å². The Balaban J connectivity index is 1.70. The number of aryl methyl sites for hydroxylation is 1. The van der Waals surface area contributed by atoms with E-state index in [0.29, 0.717) is 17.1 Å². The van der Waals surface area contributed by atoms with Crippen LogP contribution in [0.4, 0.5) is 4.39 Å². The van der Waals surface area contributed by atoms with Crippen LogP contribution in [0.15, 0.2) is 42.0 Å². The molecule has 5 nitrogen and oxygen atoms in total. The van der Waals surface area contributed by atoms with Crippen LogP contribution in [0.1, 0.15) is 21.2 Å². The van der Waals surface area contributed by atoms with Gasteiger partial charge in [0.05, 0.1) is 22.9 Å². The third-order valence-corrected chi connectivity index (χ3v) is 3.92. The van der Waals surface area contributed by atoms with Crippen molar-refractivity contribution in [3.63, 3.8) is 0 Å². The van der Waals surface area contributed by atoms with Crippen molar-refractivity contribution in [1.82, 2.24) is 20.3 Å². The van der Waals surface area contributed by atoms with Crippen LogP contribution in [0, 0.1) is 12.7 Å². The zero-order valence-electron chi connectivity index (χ0n) is 12.3. The number of amides is 1. The molecule has 1 N–H and O–H groups in total. The molecule has 0 atom stereocenters. The lowest BCUT2D eigenvalue weighted by molar-refractivity contribution is 0.0946. The van der Waals surface area contributed by atoms with Crippen molar-refractivity contribution >= 4 is 17.2 Å². The minimum Gasteiger partial charge on any atom is -0.345 e. The highest BCUT2D eigenvalue weighted by atomic mass is 32.1. The van der Waals surface area contributed by atoms with Gasteiger partial charge in [0, 0.05) is 10.9 Å². The average Bonchev–Trinajstić information content (AvgIpc) is 3.00. The molecule has 1 amide bonds. The Bertz CT molecular complexity index is 832. The maximum atomic E-state index is 13.0. The van der Waals surface area contributed by atoms with Gasteiger partial charge in [0.15, 0.2) is 0 Å². The number of hydrogen-bond donors (Lipinski definition) is 1. The lowest BCUT2D eigenvalue weighted by Gasteiger charge is -2.05. The molecule has 3 rings (SSSR count). The van der Waals surface area contributed by atoms with Crippen LogP contribution < -0.4 is 5.32 Å². The number of thiazole rings is 1. The van der Waals surface area contributed by atoms with Gasteiger partial charge in [-0.05, 0) is 37.3 Å². The van der Waals surface area contributed by atoms with Gasteiger partial charge in [-0.1, -0.05) is 0 Å². The molecule has 0 aliphatic carbocycles. The van der Waals surface area contributed by atoms with E-state index in [1.807, 2.05) is 6.92 Å². The largest absolute Gasteiger partial charge is 0.345 e. The van der Waals surface area contributed by atoms with Gasteiger partial charge in [0.1, 0.15) is 17.8 Å². The van der Waals surface area contributed by atoms with Crippen molar-refractivity contribution in [1.29, 1.82) is 0 Å². The maximum absolute atomic E-state index is 13.0. The predicted octanol–water partition coefficient (Wildman–Crippen LogP) is 2.98. The van der Waals surface area contributed by atoms with Crippen molar-refractivity contribution in [3.8, 4) is 11.3 Å². The molecule has 23 heavy (non-hydrogen) atoms. The van der Waals surface area contributed by atoms with E-state index in [1.165, 1.54) is 29.8 Å². The highest BCUT2D eigenvalue weighted by Gasteiger charge is 2.09. The second kappa shape index (κ2) is 6.62. The van der Waals surface area contributed by atoms with Crippen LogP contribution in [0.3, 0.4) is 0 Å². The number of carbonyl (C=O) groups is 1. The number of halogens is 1. The summed E-state index contributed by atoms with van der Waals surface area (Å²) in [6.07, 6.45) is 1.42. The SMILES string of the molecule is Cc1nc(C(=O)NCc2cc(-c3ccc(F)cc3)ncn2)cs1. The summed E-state index contributed by atoms with van der Waals surface area (Å²) in [5, 5.41) is 5.33. The number of rotatable bonds is 4. The third kappa shape index (κ3) is 3.75. The van der Waals surface area contributed by atoms with E-state index >= 15 is 0 Å². The normalized spacial score (nSPS) is 10.5. The zero-order chi connectivity index (χ0) is 16.2. The lowest BCUT2D eigenvalue weighted by atomic mass is 10.1. The summed E-state index contributed by atoms with van der Waals surface area (Å²) < 4.78 is 13.0. The number of nitrogens with one attached hydrogen (secondary N) is 1. The molecule has 0 saturated carbocycles. The molecule has 2 heterocycles. The van der Waals surface area contributed by atoms with Gasteiger partial charge < -0.3 is 5.32 Å². The van der Waals surface area contributed by atoms with Crippen LogP contribution in [0.25, 0.3) is 11.3 Å². The summed E-state index contributed by atoms with van der Waals surface area (Å²) in [5.41, 5.74) is 2.53. The van der Waals surface area contributed by atoms with Crippen molar-refractivity contribution < 1.29 is 9.18 Å². The number of nitrogens with zero attached hydrogens (tertiary/aromatic N) is 3. The van der Waals surface area contributed by atoms with Crippen LogP contribution in [-0.4, -0.2) is 20.9 Å². The molecule has 2 aromatic heterocycles. The summed E-state index contributed by atoms with van der Waals surface area (Å²) in [6.45, 7) is 2.12. The smallest absolute Gasteiger partial charge is 0.271 e. The fourth-order valence-corrected chi connectivity index (χ4v) is 2.59. The molecule has 3 aromatic rings. The minimum atomic E-state index is -0.297. The predicted molar refractivity (Wildman–Crippen MR) is 85.4 cm³/mol. The van der Waals surface area contributed by atoms with Gasteiger partial charge in [0.25, 0.3) is 5.91 Å². The molecule has 116 valence electrons. The van der Waals surface area contributed by atoms with Crippen molar-refractivity contribution in [2.24, 2.45) is 0 Å². The molecule has 0 aliphatic rings. The van der Waals surface area contributed by atoms with E-state index in [9.17, 15) is 9.18 Å². The van der Waals surface area contributed by atoms with Gasteiger partial charge in [-0.15, -0.1) is 11.3 Å². The first kappa shape index (κ1) is 15.2. The first-order valence-electron chi connectivity index (χ1n) is 6.89. The van der Waals surface area contributed by atoms with Gasteiger partial charge in [-0.25, -0.2) is 19.3 Å². The summed E-state index contributed by atoms with van der Waals surface area (Å²) in [5.74, 6) is -0.537. The Kier molecular flexibility index (Phi) is 4.38. The highest BCUT2D eigenvalue weighted by molar-refractivity contribution is 7.09. The van der Waals surface area contributed by atoms with E-state index in [2.05, 4.69) is 20.3 Å². The molecule has 0 bridgehead atoms. The number of benzene rings is 1. The number of carbonyl (C=O) groups excluding carboxylic acids is 1. The van der Waals surface area contributed by atoms with Crippen molar-refractivity contribution in [2.45, 2.75) is 13.5 Å². The van der Waals surface area contributed by atoms with Crippen LogP contribution in [-0.2, 0) is 6.54 Å². The lowest BCUT2D eigenvalue weighted by Crippen LogP contribution is -2.23. The zero-order valence-corrected chi connectivity index (χ0v) is 13.1. The molecule has 0 saturated heterocycles. The second-order valence-corrected chi connectivity index (χ2v) is 5.90. The molecule has 0 spiro atoms. The van der Waals surface area contributed by atoms with Gasteiger partial charge in [-0.3, -0.25) is 4.79 Å². The number of hydrogen-bond acceptors (Lipinski definition) is 5. The Labute approximate surface area is 136 Å². The van der Waals surface area contributed by atoms with E-state index in [1.54, 1.807) is 23.6 Å². The van der Waals surface area contributed by atoms with Gasteiger partial charge >= 0.3 is 0 Å². The standard InChI is InChI=1S/C16H13FN4OS/c1-10-21-15(8-23-10)16(22)18-7-13-6-14(20-9-19-13)11-2-4-12(17)5-3-11/h2-6,8-9H,7H2,1H3,(H,18,22). The molecular weight excluding hydrogens is 315 g/mol. The fourth-order valence-electron chi connectivity index (χ4n) is 2.00. The quantitative estimate of drug-likeness (QED) is 0.799. The molecular formula is C16H13FN4OS. The monoisotopic (exact) mass is 328 g/mol. The summed E-state index contributed by atoms with van der Waals surface area (Å²) in [4.78, 5) is 24.4. The third-order valence-electron chi connectivity index (χ3n) is 3.15. The molecule has 7 heteroatoms. The van der Waals surface area contributed by atoms with E-state index in [0.717, 1.165) is 10.6 Å². The van der Waals surface area contributed by atoms with Crippen LogP contribution >= 0.6 is 11.3 Å². The van der Waals surface area contributed by atoms with Gasteiger partial charge in [0.2, 0.25) is 0 Å². The number of aromatic nitrogens is 3. The Morgan fingerprint density at radius 2 is 2.04 bits per heavy atom. The van der Waals surface area contributed by atoms with E-state index in [4.69, 9.17) is 0 Å². The average molecular weight is 328 g/mol. The molecule has 0 unspecified atom stereocenters. The first-order chi connectivity index (χ1) is 11.1. The van der Waals surface area contributed by atoms with Crippen LogP contribution in [0.2, 0.25) is 0 Å². The van der Waals surface area contributed by atoms with Crippen LogP contribution in [0.5, 0.6) is 0 Å². The second-order valence-electron chi connectivity index (χ2n) is 4.84. The Hall–Kier alpha value is -2.67. The Morgan fingerprint density at radius 1 is 1.26 bits per heavy atom. The first-order valence-corrected chi connectivity index (χ1v) is 7.77. The fraction of sp³-hybridized carbons (Fsp3) is 0.125. The van der Waals surface area contributed by atoms with Gasteiger partial charge in [-0.2, -0.15) is 0 Å². The van der Waals surface area contributed by atoms with E-state index < -0.39 is 0 Å². The summed E-state index contributed by atoms with van der Waals surface area (Å²) in [6, 6.07) is 7.82. The summed E-state index contributed by atoms with van der Waals surface area (Å²) in [7, 11) is 0. The minimum absolute atomic E-state index is 0.240. The topological polar surface area (TPSA) is 67.8 Å². The highest BCUT2D eigenvalue weighted by Crippen LogP contribution is 2.17. The molecule has 1 aromatic carbocycles. The van der Waals surface area contributed by atoms with Crippen molar-refractivity contribution in [2.75, 3.05) is 0 Å². The molecule has 0 fully saturated rings. The summed E-state index contributed by atoms with van der Waals surface area (Å²) >= 11 is 1.43.